The Morgan fingerprint density at radius 1 is 0.700 bits per heavy atom. The number of hydrogen-bond acceptors (Lipinski definition) is 4. The zero-order chi connectivity index (χ0) is 20.5. The van der Waals surface area contributed by atoms with Gasteiger partial charge in [0, 0.05) is 38.9 Å². The van der Waals surface area contributed by atoms with Gasteiger partial charge in [-0.15, -0.1) is 0 Å². The minimum Gasteiger partial charge on any atom is -0.456 e. The van der Waals surface area contributed by atoms with Crippen LogP contribution in [-0.4, -0.2) is 9.97 Å². The summed E-state index contributed by atoms with van der Waals surface area (Å²) in [6.45, 7) is 6.46. The molecule has 6 rings (SSSR count). The number of furan rings is 2. The Hall–Kier alpha value is -3.66. The summed E-state index contributed by atoms with van der Waals surface area (Å²) in [6, 6.07) is 20.3. The van der Waals surface area contributed by atoms with Crippen LogP contribution in [-0.2, 0) is 5.41 Å². The second-order valence-corrected chi connectivity index (χ2v) is 8.74. The van der Waals surface area contributed by atoms with Crippen molar-refractivity contribution in [2.45, 2.75) is 26.2 Å². The van der Waals surface area contributed by atoms with Crippen LogP contribution in [0.5, 0.6) is 0 Å². The first kappa shape index (κ1) is 17.2. The topological polar surface area (TPSA) is 52.1 Å². The van der Waals surface area contributed by atoms with Crippen molar-refractivity contribution in [1.82, 2.24) is 9.97 Å². The second-order valence-electron chi connectivity index (χ2n) is 8.74. The van der Waals surface area contributed by atoms with Crippen molar-refractivity contribution in [2.24, 2.45) is 0 Å². The molecule has 0 unspecified atom stereocenters. The number of nitrogens with zero attached hydrogens (tertiary/aromatic N) is 2. The zero-order valence-electron chi connectivity index (χ0n) is 17.1. The summed E-state index contributed by atoms with van der Waals surface area (Å²) < 4.78 is 12.4. The van der Waals surface area contributed by atoms with Gasteiger partial charge in [-0.2, -0.15) is 0 Å². The van der Waals surface area contributed by atoms with E-state index in [9.17, 15) is 0 Å². The summed E-state index contributed by atoms with van der Waals surface area (Å²) >= 11 is 0. The lowest BCUT2D eigenvalue weighted by Gasteiger charge is -2.17. The molecule has 146 valence electrons. The molecule has 3 aromatic carbocycles. The first-order valence-corrected chi connectivity index (χ1v) is 10.1. The smallest absolute Gasteiger partial charge is 0.163 e. The highest BCUT2D eigenvalue weighted by atomic mass is 16.3. The molecule has 3 aromatic heterocycles. The van der Waals surface area contributed by atoms with Crippen LogP contribution in [0.4, 0.5) is 0 Å². The predicted molar refractivity (Wildman–Crippen MR) is 121 cm³/mol. The van der Waals surface area contributed by atoms with E-state index < -0.39 is 0 Å². The minimum absolute atomic E-state index is 0.0506. The van der Waals surface area contributed by atoms with Crippen LogP contribution in [0.25, 0.3) is 55.3 Å². The lowest BCUT2D eigenvalue weighted by Crippen LogP contribution is -2.14. The summed E-state index contributed by atoms with van der Waals surface area (Å²) in [7, 11) is 0. The molecular weight excluding hydrogens is 372 g/mol. The van der Waals surface area contributed by atoms with Crippen molar-refractivity contribution < 1.29 is 8.83 Å². The van der Waals surface area contributed by atoms with Crippen LogP contribution in [0.2, 0.25) is 0 Å². The Morgan fingerprint density at radius 3 is 2.27 bits per heavy atom. The average Bonchev–Trinajstić information content (AvgIpc) is 3.29. The van der Waals surface area contributed by atoms with Gasteiger partial charge in [0.25, 0.3) is 0 Å². The van der Waals surface area contributed by atoms with Crippen molar-refractivity contribution in [3.05, 3.63) is 72.6 Å². The van der Waals surface area contributed by atoms with E-state index in [0.29, 0.717) is 5.82 Å². The Labute approximate surface area is 173 Å². The third-order valence-electron chi connectivity index (χ3n) is 5.66. The SMILES string of the molecule is CC(C)(C)c1ccnc(-c2cccc3c2oc2cc4c(cc23)oc2ccccc24)n1. The molecule has 6 aromatic rings. The fraction of sp³-hybridized carbons (Fsp3) is 0.154. The first-order chi connectivity index (χ1) is 14.5. The molecule has 0 spiro atoms. The van der Waals surface area contributed by atoms with Crippen LogP contribution in [0.1, 0.15) is 26.5 Å². The molecule has 0 radical (unpaired) electrons. The molecule has 4 nitrogen and oxygen atoms in total. The number of hydrogen-bond donors (Lipinski definition) is 0. The molecule has 4 heteroatoms. The van der Waals surface area contributed by atoms with Crippen molar-refractivity contribution >= 4 is 43.9 Å². The monoisotopic (exact) mass is 392 g/mol. The van der Waals surface area contributed by atoms with Gasteiger partial charge in [0.2, 0.25) is 0 Å². The van der Waals surface area contributed by atoms with Crippen LogP contribution in [0.3, 0.4) is 0 Å². The number of fused-ring (bicyclic) bond motifs is 6. The van der Waals surface area contributed by atoms with E-state index in [4.69, 9.17) is 13.8 Å². The van der Waals surface area contributed by atoms with Crippen molar-refractivity contribution in [3.63, 3.8) is 0 Å². The quantitative estimate of drug-likeness (QED) is 0.296. The molecule has 0 fully saturated rings. The van der Waals surface area contributed by atoms with E-state index in [1.807, 2.05) is 42.6 Å². The Morgan fingerprint density at radius 2 is 1.43 bits per heavy atom. The van der Waals surface area contributed by atoms with Crippen LogP contribution < -0.4 is 0 Å². The number of aromatic nitrogens is 2. The fourth-order valence-corrected chi connectivity index (χ4v) is 4.10. The maximum absolute atomic E-state index is 6.37. The highest BCUT2D eigenvalue weighted by molar-refractivity contribution is 6.16. The molecule has 0 bridgehead atoms. The molecule has 0 N–H and O–H groups in total. The first-order valence-electron chi connectivity index (χ1n) is 10.1. The summed E-state index contributed by atoms with van der Waals surface area (Å²) in [4.78, 5) is 9.37. The van der Waals surface area contributed by atoms with Gasteiger partial charge in [0.1, 0.15) is 22.3 Å². The molecule has 0 aliphatic carbocycles. The molecule has 0 aliphatic heterocycles. The highest BCUT2D eigenvalue weighted by Gasteiger charge is 2.19. The van der Waals surface area contributed by atoms with E-state index in [1.165, 1.54) is 0 Å². The van der Waals surface area contributed by atoms with Crippen molar-refractivity contribution in [3.8, 4) is 11.4 Å². The molecule has 0 atom stereocenters. The normalized spacial score (nSPS) is 12.5. The highest BCUT2D eigenvalue weighted by Crippen LogP contribution is 2.39. The molecular formula is C26H20N2O2. The van der Waals surface area contributed by atoms with Crippen LogP contribution in [0.15, 0.2) is 75.7 Å². The van der Waals surface area contributed by atoms with Gasteiger partial charge in [-0.3, -0.25) is 0 Å². The van der Waals surface area contributed by atoms with Gasteiger partial charge < -0.3 is 8.83 Å². The summed E-state index contributed by atoms with van der Waals surface area (Å²) in [5, 5.41) is 4.22. The van der Waals surface area contributed by atoms with Crippen LogP contribution in [0, 0.1) is 0 Å². The molecule has 0 saturated heterocycles. The van der Waals surface area contributed by atoms with E-state index in [-0.39, 0.29) is 5.41 Å². The predicted octanol–water partition coefficient (Wildman–Crippen LogP) is 7.24. The number of benzene rings is 3. The zero-order valence-corrected chi connectivity index (χ0v) is 17.1. The van der Waals surface area contributed by atoms with Gasteiger partial charge in [-0.1, -0.05) is 51.1 Å². The molecule has 0 amide bonds. The minimum atomic E-state index is -0.0506. The maximum atomic E-state index is 6.37. The lowest BCUT2D eigenvalue weighted by atomic mass is 9.92. The number of rotatable bonds is 1. The van der Waals surface area contributed by atoms with E-state index >= 15 is 0 Å². The van der Waals surface area contributed by atoms with Crippen molar-refractivity contribution in [1.29, 1.82) is 0 Å². The van der Waals surface area contributed by atoms with Gasteiger partial charge >= 0.3 is 0 Å². The molecule has 0 saturated carbocycles. The average molecular weight is 392 g/mol. The summed E-state index contributed by atoms with van der Waals surface area (Å²) in [5.41, 5.74) is 5.24. The molecule has 0 aliphatic rings. The van der Waals surface area contributed by atoms with E-state index in [1.54, 1.807) is 0 Å². The second kappa shape index (κ2) is 5.92. The summed E-state index contributed by atoms with van der Waals surface area (Å²) in [6.07, 6.45) is 1.82. The molecule has 30 heavy (non-hydrogen) atoms. The Kier molecular flexibility index (Phi) is 3.40. The largest absolute Gasteiger partial charge is 0.456 e. The molecule has 3 heterocycles. The van der Waals surface area contributed by atoms with E-state index in [2.05, 4.69) is 50.0 Å². The van der Waals surface area contributed by atoms with Gasteiger partial charge in [-0.25, -0.2) is 9.97 Å². The Bertz CT molecular complexity index is 1580. The van der Waals surface area contributed by atoms with Gasteiger partial charge in [-0.05, 0) is 30.3 Å². The van der Waals surface area contributed by atoms with Crippen LogP contribution >= 0.6 is 0 Å². The maximum Gasteiger partial charge on any atom is 0.163 e. The van der Waals surface area contributed by atoms with Crippen molar-refractivity contribution in [2.75, 3.05) is 0 Å². The van der Waals surface area contributed by atoms with Gasteiger partial charge in [0.15, 0.2) is 5.82 Å². The number of para-hydroxylation sites is 2. The third kappa shape index (κ3) is 2.47. The lowest BCUT2D eigenvalue weighted by molar-refractivity contribution is 0.567. The standard InChI is InChI=1S/C26H20N2O2/c1-26(2,3)23-11-12-27-25(28-23)17-9-6-8-16-19-14-21-18(13-22(19)30-24(16)17)15-7-4-5-10-20(15)29-21/h4-14H,1-3H3. The van der Waals surface area contributed by atoms with Gasteiger partial charge in [0.05, 0.1) is 5.56 Å². The fourth-order valence-electron chi connectivity index (χ4n) is 4.10. The van der Waals surface area contributed by atoms with E-state index in [0.717, 1.165) is 55.1 Å². The Balaban J connectivity index is 1.64. The third-order valence-corrected chi connectivity index (χ3v) is 5.66. The summed E-state index contributed by atoms with van der Waals surface area (Å²) in [5.74, 6) is 0.682.